The minimum absolute atomic E-state index is 0.0424. The summed E-state index contributed by atoms with van der Waals surface area (Å²) in [5, 5.41) is 8.56. The molecule has 2 unspecified atom stereocenters. The fraction of sp³-hybridized carbons (Fsp3) is 0.474. The van der Waals surface area contributed by atoms with Crippen molar-refractivity contribution in [1.82, 2.24) is 15.5 Å². The third kappa shape index (κ3) is 3.26. The molecule has 0 aromatic heterocycles. The summed E-state index contributed by atoms with van der Waals surface area (Å²) in [7, 11) is 0. The molecule has 148 valence electrons. The number of nitrogens with one attached hydrogen (secondary N) is 3. The van der Waals surface area contributed by atoms with E-state index < -0.39 is 35.5 Å². The highest BCUT2D eigenvalue weighted by atomic mass is 19.1. The number of fused-ring (bicyclic) bond motifs is 1. The summed E-state index contributed by atoms with van der Waals surface area (Å²) in [5.41, 5.74) is 0.197. The summed E-state index contributed by atoms with van der Waals surface area (Å²) in [6, 6.07) is 1.42. The molecule has 2 fully saturated rings. The van der Waals surface area contributed by atoms with Crippen LogP contribution in [0.1, 0.15) is 52.8 Å². The van der Waals surface area contributed by atoms with Crippen molar-refractivity contribution in [2.45, 2.75) is 44.2 Å². The quantitative estimate of drug-likeness (QED) is 0.661. The summed E-state index contributed by atoms with van der Waals surface area (Å²) in [6.45, 7) is 1.74. The summed E-state index contributed by atoms with van der Waals surface area (Å²) in [5.74, 6) is -3.08. The van der Waals surface area contributed by atoms with Gasteiger partial charge < -0.3 is 10.6 Å². The van der Waals surface area contributed by atoms with Crippen molar-refractivity contribution >= 4 is 29.3 Å². The van der Waals surface area contributed by atoms with E-state index in [4.69, 9.17) is 0 Å². The van der Waals surface area contributed by atoms with Crippen molar-refractivity contribution in [2.24, 2.45) is 0 Å². The van der Waals surface area contributed by atoms with Gasteiger partial charge in [-0.2, -0.15) is 0 Å². The zero-order valence-electron chi connectivity index (χ0n) is 15.2. The summed E-state index contributed by atoms with van der Waals surface area (Å²) >= 11 is 0. The Hall–Kier alpha value is -2.81. The molecule has 3 aliphatic heterocycles. The highest BCUT2D eigenvalue weighted by molar-refractivity contribution is 6.23. The number of anilines is 1. The number of piperidine rings is 1. The normalized spacial score (nSPS) is 25.4. The van der Waals surface area contributed by atoms with Crippen LogP contribution in [0.25, 0.3) is 0 Å². The molecule has 2 atom stereocenters. The summed E-state index contributed by atoms with van der Waals surface area (Å²) < 4.78 is 14.6. The molecule has 3 heterocycles. The first-order chi connectivity index (χ1) is 13.5. The van der Waals surface area contributed by atoms with Gasteiger partial charge in [0.05, 0.1) is 16.8 Å². The van der Waals surface area contributed by atoms with E-state index in [1.54, 1.807) is 0 Å². The molecule has 0 aliphatic carbocycles. The maximum Gasteiger partial charge on any atom is 0.262 e. The first-order valence-corrected chi connectivity index (χ1v) is 9.48. The lowest BCUT2D eigenvalue weighted by Gasteiger charge is -2.27. The van der Waals surface area contributed by atoms with Crippen LogP contribution < -0.4 is 16.0 Å². The van der Waals surface area contributed by atoms with Crippen LogP contribution >= 0.6 is 0 Å². The van der Waals surface area contributed by atoms with E-state index in [1.807, 2.05) is 0 Å². The Morgan fingerprint density at radius 3 is 2.50 bits per heavy atom. The van der Waals surface area contributed by atoms with Gasteiger partial charge in [0.25, 0.3) is 11.8 Å². The van der Waals surface area contributed by atoms with Crippen LogP contribution in [0.4, 0.5) is 10.1 Å². The fourth-order valence-corrected chi connectivity index (χ4v) is 3.98. The van der Waals surface area contributed by atoms with Crippen molar-refractivity contribution in [1.29, 1.82) is 0 Å². The average molecular weight is 388 g/mol. The second-order valence-electron chi connectivity index (χ2n) is 7.35. The molecule has 8 nitrogen and oxygen atoms in total. The van der Waals surface area contributed by atoms with Crippen LogP contribution in [0.2, 0.25) is 0 Å². The Morgan fingerprint density at radius 1 is 1.00 bits per heavy atom. The topological polar surface area (TPSA) is 108 Å². The zero-order chi connectivity index (χ0) is 19.8. The fourth-order valence-electron chi connectivity index (χ4n) is 3.98. The predicted molar refractivity (Wildman–Crippen MR) is 97.2 cm³/mol. The van der Waals surface area contributed by atoms with Crippen molar-refractivity contribution in [3.05, 3.63) is 29.1 Å². The third-order valence-corrected chi connectivity index (χ3v) is 5.46. The van der Waals surface area contributed by atoms with Crippen LogP contribution in [0.15, 0.2) is 12.1 Å². The van der Waals surface area contributed by atoms with Gasteiger partial charge in [-0.05, 0) is 50.9 Å². The number of amides is 4. The van der Waals surface area contributed by atoms with E-state index in [1.165, 1.54) is 6.07 Å². The maximum atomic E-state index is 14.6. The Kier molecular flexibility index (Phi) is 4.84. The molecule has 0 radical (unpaired) electrons. The van der Waals surface area contributed by atoms with Crippen molar-refractivity contribution in [2.75, 3.05) is 18.4 Å². The number of halogens is 1. The molecule has 28 heavy (non-hydrogen) atoms. The predicted octanol–water partition coefficient (Wildman–Crippen LogP) is 0.781. The van der Waals surface area contributed by atoms with Gasteiger partial charge >= 0.3 is 0 Å². The smallest absolute Gasteiger partial charge is 0.262 e. The number of hydrogen-bond acceptors (Lipinski definition) is 6. The van der Waals surface area contributed by atoms with Crippen LogP contribution in [-0.2, 0) is 9.59 Å². The van der Waals surface area contributed by atoms with E-state index in [9.17, 15) is 23.6 Å². The number of benzene rings is 1. The molecule has 3 aliphatic rings. The van der Waals surface area contributed by atoms with Crippen LogP contribution in [0, 0.1) is 5.82 Å². The number of hydrogen-bond donors (Lipinski definition) is 3. The molecule has 0 spiro atoms. The number of imide groups is 2. The molecular weight excluding hydrogens is 367 g/mol. The molecule has 0 saturated carbocycles. The number of nitrogens with zero attached hydrogens (tertiary/aromatic N) is 1. The number of carbonyl (C=O) groups is 4. The molecule has 2 saturated heterocycles. The minimum atomic E-state index is -1.06. The molecule has 9 heteroatoms. The van der Waals surface area contributed by atoms with Gasteiger partial charge in [0, 0.05) is 12.5 Å². The van der Waals surface area contributed by atoms with Gasteiger partial charge in [-0.3, -0.25) is 29.4 Å². The van der Waals surface area contributed by atoms with Gasteiger partial charge in [0.1, 0.15) is 11.9 Å². The SMILES string of the molecule is O=C1CCC(N2C(=O)c3cc(F)c(NC4CCCNCC4)cc3C2=O)C(=O)N1. The van der Waals surface area contributed by atoms with E-state index in [0.717, 1.165) is 43.3 Å². The Balaban J connectivity index is 1.59. The Morgan fingerprint density at radius 2 is 1.75 bits per heavy atom. The summed E-state index contributed by atoms with van der Waals surface area (Å²) in [4.78, 5) is 49.8. The van der Waals surface area contributed by atoms with Crippen molar-refractivity contribution < 1.29 is 23.6 Å². The van der Waals surface area contributed by atoms with Crippen LogP contribution in [-0.4, -0.2) is 53.7 Å². The first-order valence-electron chi connectivity index (χ1n) is 9.48. The Labute approximate surface area is 160 Å². The van der Waals surface area contributed by atoms with Gasteiger partial charge in [-0.15, -0.1) is 0 Å². The molecule has 1 aromatic carbocycles. The highest BCUT2D eigenvalue weighted by Crippen LogP contribution is 2.31. The van der Waals surface area contributed by atoms with Crippen molar-refractivity contribution in [3.63, 3.8) is 0 Å². The van der Waals surface area contributed by atoms with Crippen LogP contribution in [0.5, 0.6) is 0 Å². The molecule has 4 amide bonds. The number of rotatable bonds is 3. The number of carbonyl (C=O) groups excluding carboxylic acids is 4. The van der Waals surface area contributed by atoms with E-state index in [-0.39, 0.29) is 35.7 Å². The van der Waals surface area contributed by atoms with Crippen LogP contribution in [0.3, 0.4) is 0 Å². The van der Waals surface area contributed by atoms with Crippen molar-refractivity contribution in [3.8, 4) is 0 Å². The Bertz CT molecular complexity index is 864. The lowest BCUT2D eigenvalue weighted by molar-refractivity contribution is -0.136. The molecule has 3 N–H and O–H groups in total. The second-order valence-corrected chi connectivity index (χ2v) is 7.35. The highest BCUT2D eigenvalue weighted by Gasteiger charge is 2.45. The van der Waals surface area contributed by atoms with E-state index in [0.29, 0.717) is 0 Å². The molecular formula is C19H21FN4O4. The maximum absolute atomic E-state index is 14.6. The zero-order valence-corrected chi connectivity index (χ0v) is 15.2. The lowest BCUT2D eigenvalue weighted by atomic mass is 10.0. The molecule has 4 rings (SSSR count). The molecule has 1 aromatic rings. The second kappa shape index (κ2) is 7.31. The van der Waals surface area contributed by atoms with Gasteiger partial charge in [0.15, 0.2) is 0 Å². The average Bonchev–Trinajstić information content (AvgIpc) is 2.84. The monoisotopic (exact) mass is 388 g/mol. The van der Waals surface area contributed by atoms with Gasteiger partial charge in [-0.1, -0.05) is 0 Å². The van der Waals surface area contributed by atoms with E-state index >= 15 is 0 Å². The van der Waals surface area contributed by atoms with Gasteiger partial charge in [-0.25, -0.2) is 4.39 Å². The third-order valence-electron chi connectivity index (χ3n) is 5.46. The lowest BCUT2D eigenvalue weighted by Crippen LogP contribution is -2.54. The summed E-state index contributed by atoms with van der Waals surface area (Å²) in [6.07, 6.45) is 2.77. The standard InChI is InChI=1S/C19H21FN4O4/c20-13-8-11-12(9-14(13)22-10-2-1-6-21-7-5-10)19(28)24(18(11)27)15-3-4-16(25)23-17(15)26/h8-10,15,21-22H,1-7H2,(H,23,25,26). The minimum Gasteiger partial charge on any atom is -0.380 e. The van der Waals surface area contributed by atoms with Gasteiger partial charge in [0.2, 0.25) is 11.8 Å². The van der Waals surface area contributed by atoms with E-state index in [2.05, 4.69) is 16.0 Å². The molecule has 0 bridgehead atoms. The largest absolute Gasteiger partial charge is 0.380 e. The first kappa shape index (κ1) is 18.5.